The highest BCUT2D eigenvalue weighted by molar-refractivity contribution is 5.80. The van der Waals surface area contributed by atoms with Crippen molar-refractivity contribution in [2.24, 2.45) is 0 Å². The van der Waals surface area contributed by atoms with Gasteiger partial charge < -0.3 is 15.5 Å². The highest BCUT2D eigenvalue weighted by atomic mass is 19.1. The van der Waals surface area contributed by atoms with Crippen LogP contribution >= 0.6 is 0 Å². The van der Waals surface area contributed by atoms with Crippen molar-refractivity contribution in [1.82, 2.24) is 15.5 Å². The minimum Gasteiger partial charge on any atom is -0.354 e. The average molecular weight is 347 g/mol. The van der Waals surface area contributed by atoms with Gasteiger partial charge in [0.2, 0.25) is 11.8 Å². The van der Waals surface area contributed by atoms with Crippen molar-refractivity contribution >= 4 is 11.8 Å². The fourth-order valence-electron chi connectivity index (χ4n) is 4.13. The van der Waals surface area contributed by atoms with Gasteiger partial charge >= 0.3 is 0 Å². The second-order valence-electron chi connectivity index (χ2n) is 7.23. The maximum atomic E-state index is 13.2. The van der Waals surface area contributed by atoms with Crippen molar-refractivity contribution in [2.45, 2.75) is 63.2 Å². The number of hydrogen-bond donors (Lipinski definition) is 2. The number of nitrogens with one attached hydrogen (secondary N) is 2. The third-order valence-electron chi connectivity index (χ3n) is 5.38. The molecule has 1 heterocycles. The number of nitrogens with zero attached hydrogens (tertiary/aromatic N) is 1. The smallest absolute Gasteiger partial charge is 0.224 e. The number of rotatable bonds is 4. The fraction of sp³-hybridized carbons (Fsp3) is 0.579. The predicted molar refractivity (Wildman–Crippen MR) is 93.3 cm³/mol. The molecule has 2 atom stereocenters. The molecule has 6 heteroatoms. The van der Waals surface area contributed by atoms with Gasteiger partial charge in [0.05, 0.1) is 6.04 Å². The second kappa shape index (κ2) is 7.52. The molecule has 0 radical (unpaired) electrons. The fourth-order valence-corrected chi connectivity index (χ4v) is 4.13. The Morgan fingerprint density at radius 2 is 1.72 bits per heavy atom. The lowest BCUT2D eigenvalue weighted by molar-refractivity contribution is -0.127. The molecule has 1 aliphatic carbocycles. The summed E-state index contributed by atoms with van der Waals surface area (Å²) in [7, 11) is 1.81. The zero-order chi connectivity index (χ0) is 18.0. The molecule has 5 nitrogen and oxygen atoms in total. The number of halogens is 1. The van der Waals surface area contributed by atoms with Crippen molar-refractivity contribution in [3.63, 3.8) is 0 Å². The minimum atomic E-state index is -0.267. The lowest BCUT2D eigenvalue weighted by Crippen LogP contribution is -2.46. The van der Waals surface area contributed by atoms with Crippen LogP contribution < -0.4 is 10.6 Å². The summed E-state index contributed by atoms with van der Waals surface area (Å²) in [5, 5.41) is 6.63. The van der Waals surface area contributed by atoms with Gasteiger partial charge in [0, 0.05) is 38.5 Å². The van der Waals surface area contributed by atoms with E-state index in [1.165, 1.54) is 12.1 Å². The molecule has 2 aliphatic rings. The van der Waals surface area contributed by atoms with Gasteiger partial charge in [0.1, 0.15) is 5.82 Å². The topological polar surface area (TPSA) is 61.4 Å². The molecule has 1 saturated carbocycles. The van der Waals surface area contributed by atoms with Crippen LogP contribution in [0, 0.1) is 5.82 Å². The van der Waals surface area contributed by atoms with Gasteiger partial charge in [0.15, 0.2) is 0 Å². The molecule has 2 fully saturated rings. The third kappa shape index (κ3) is 4.18. The standard InChI is InChI=1S/C19H26FN3O2/c1-12(24)21-15-7-9-16(10-8-15)22-17-11-18(25)23(2)19(17)13-3-5-14(20)6-4-13/h3-6,15-17,19,22H,7-11H2,1-2H3,(H,21,24)/t15?,16?,17-,19+/m1/s1. The molecule has 1 saturated heterocycles. The summed E-state index contributed by atoms with van der Waals surface area (Å²) in [6, 6.07) is 6.98. The lowest BCUT2D eigenvalue weighted by Gasteiger charge is -2.34. The molecule has 0 bridgehead atoms. The molecular weight excluding hydrogens is 321 g/mol. The third-order valence-corrected chi connectivity index (χ3v) is 5.38. The zero-order valence-electron chi connectivity index (χ0n) is 14.8. The monoisotopic (exact) mass is 347 g/mol. The molecular formula is C19H26FN3O2. The molecule has 136 valence electrons. The van der Waals surface area contributed by atoms with Crippen LogP contribution in [0.4, 0.5) is 4.39 Å². The summed E-state index contributed by atoms with van der Waals surface area (Å²) >= 11 is 0. The summed E-state index contributed by atoms with van der Waals surface area (Å²) in [5.74, 6) is -0.133. The Hall–Kier alpha value is -1.95. The maximum absolute atomic E-state index is 13.2. The molecule has 0 spiro atoms. The Balaban J connectivity index is 1.63. The summed E-state index contributed by atoms with van der Waals surface area (Å²) in [6.45, 7) is 1.55. The van der Waals surface area contributed by atoms with Crippen LogP contribution in [0.25, 0.3) is 0 Å². The zero-order valence-corrected chi connectivity index (χ0v) is 14.8. The molecule has 1 aliphatic heterocycles. The van der Waals surface area contributed by atoms with Crippen LogP contribution in [-0.4, -0.2) is 41.9 Å². The summed E-state index contributed by atoms with van der Waals surface area (Å²) in [5.41, 5.74) is 0.958. The van der Waals surface area contributed by atoms with Gasteiger partial charge in [-0.15, -0.1) is 0 Å². The molecule has 3 rings (SSSR count). The predicted octanol–water partition coefficient (Wildman–Crippen LogP) is 2.13. The maximum Gasteiger partial charge on any atom is 0.224 e. The first-order valence-corrected chi connectivity index (χ1v) is 8.98. The number of benzene rings is 1. The lowest BCUT2D eigenvalue weighted by atomic mass is 9.89. The van der Waals surface area contributed by atoms with E-state index in [0.717, 1.165) is 31.2 Å². The Bertz CT molecular complexity index is 626. The Morgan fingerprint density at radius 1 is 1.12 bits per heavy atom. The number of likely N-dealkylation sites (tertiary alicyclic amines) is 1. The van der Waals surface area contributed by atoms with E-state index in [0.29, 0.717) is 12.5 Å². The van der Waals surface area contributed by atoms with E-state index in [4.69, 9.17) is 0 Å². The Kier molecular flexibility index (Phi) is 5.37. The van der Waals surface area contributed by atoms with E-state index in [2.05, 4.69) is 10.6 Å². The van der Waals surface area contributed by atoms with Crippen LogP contribution in [0.3, 0.4) is 0 Å². The number of carbonyl (C=O) groups is 2. The summed E-state index contributed by atoms with van der Waals surface area (Å²) in [4.78, 5) is 25.1. The number of hydrogen-bond acceptors (Lipinski definition) is 3. The first kappa shape index (κ1) is 17.9. The summed E-state index contributed by atoms with van der Waals surface area (Å²) < 4.78 is 13.2. The van der Waals surface area contributed by atoms with Gasteiger partial charge in [-0.3, -0.25) is 9.59 Å². The van der Waals surface area contributed by atoms with Gasteiger partial charge in [-0.1, -0.05) is 12.1 Å². The molecule has 2 amide bonds. The highest BCUT2D eigenvalue weighted by Crippen LogP contribution is 2.33. The van der Waals surface area contributed by atoms with Crippen molar-refractivity contribution < 1.29 is 14.0 Å². The normalized spacial score (nSPS) is 29.7. The van der Waals surface area contributed by atoms with E-state index in [-0.39, 0.29) is 35.8 Å². The van der Waals surface area contributed by atoms with E-state index >= 15 is 0 Å². The highest BCUT2D eigenvalue weighted by Gasteiger charge is 2.39. The van der Waals surface area contributed by atoms with Crippen LogP contribution in [0.15, 0.2) is 24.3 Å². The van der Waals surface area contributed by atoms with E-state index in [1.54, 1.807) is 24.0 Å². The number of carbonyl (C=O) groups excluding carboxylic acids is 2. The van der Waals surface area contributed by atoms with Gasteiger partial charge in [0.25, 0.3) is 0 Å². The molecule has 1 aromatic carbocycles. The quantitative estimate of drug-likeness (QED) is 0.877. The number of likely N-dealkylation sites (N-methyl/N-ethyl adjacent to an activating group) is 1. The van der Waals surface area contributed by atoms with Crippen molar-refractivity contribution in [3.05, 3.63) is 35.6 Å². The Labute approximate surface area is 148 Å². The molecule has 0 aromatic heterocycles. The minimum absolute atomic E-state index is 0.0239. The van der Waals surface area contributed by atoms with Crippen LogP contribution in [-0.2, 0) is 9.59 Å². The van der Waals surface area contributed by atoms with Gasteiger partial charge in [-0.25, -0.2) is 4.39 Å². The van der Waals surface area contributed by atoms with E-state index < -0.39 is 0 Å². The van der Waals surface area contributed by atoms with Gasteiger partial charge in [-0.05, 0) is 43.4 Å². The SMILES string of the molecule is CC(=O)NC1CCC(N[C@@H]2CC(=O)N(C)[C@H]2c2ccc(F)cc2)CC1. The van der Waals surface area contributed by atoms with Gasteiger partial charge in [-0.2, -0.15) is 0 Å². The van der Waals surface area contributed by atoms with Crippen LogP contribution in [0.5, 0.6) is 0 Å². The first-order valence-electron chi connectivity index (χ1n) is 8.98. The molecule has 2 N–H and O–H groups in total. The number of amides is 2. The van der Waals surface area contributed by atoms with Crippen LogP contribution in [0.2, 0.25) is 0 Å². The van der Waals surface area contributed by atoms with Crippen LogP contribution in [0.1, 0.15) is 50.6 Å². The Morgan fingerprint density at radius 3 is 2.32 bits per heavy atom. The largest absolute Gasteiger partial charge is 0.354 e. The van der Waals surface area contributed by atoms with E-state index in [9.17, 15) is 14.0 Å². The first-order chi connectivity index (χ1) is 11.9. The van der Waals surface area contributed by atoms with Crippen molar-refractivity contribution in [2.75, 3.05) is 7.05 Å². The molecule has 1 aromatic rings. The van der Waals surface area contributed by atoms with E-state index in [1.807, 2.05) is 7.05 Å². The molecule has 25 heavy (non-hydrogen) atoms. The average Bonchev–Trinajstić information content (AvgIpc) is 2.84. The van der Waals surface area contributed by atoms with Crippen molar-refractivity contribution in [1.29, 1.82) is 0 Å². The van der Waals surface area contributed by atoms with Crippen molar-refractivity contribution in [3.8, 4) is 0 Å². The molecule has 0 unspecified atom stereocenters. The summed E-state index contributed by atoms with van der Waals surface area (Å²) in [6.07, 6.45) is 4.33. The second-order valence-corrected chi connectivity index (χ2v) is 7.23.